The Labute approximate surface area is 121 Å². The van der Waals surface area contributed by atoms with Gasteiger partial charge in [-0.15, -0.1) is 0 Å². The van der Waals surface area contributed by atoms with E-state index in [2.05, 4.69) is 34.5 Å². The van der Waals surface area contributed by atoms with Crippen molar-refractivity contribution in [3.63, 3.8) is 0 Å². The summed E-state index contributed by atoms with van der Waals surface area (Å²) in [6, 6.07) is 10.5. The molecule has 1 aromatic carbocycles. The highest BCUT2D eigenvalue weighted by molar-refractivity contribution is 5.76. The third-order valence-corrected chi connectivity index (χ3v) is 3.86. The van der Waals surface area contributed by atoms with Gasteiger partial charge in [-0.25, -0.2) is 0 Å². The van der Waals surface area contributed by atoms with Gasteiger partial charge in [0.1, 0.15) is 0 Å². The van der Waals surface area contributed by atoms with E-state index in [4.69, 9.17) is 0 Å². The molecule has 2 rings (SSSR count). The number of rotatable bonds is 6. The molecule has 3 nitrogen and oxygen atoms in total. The smallest absolute Gasteiger partial charge is 0.220 e. The highest BCUT2D eigenvalue weighted by atomic mass is 16.1. The molecule has 1 aliphatic rings. The summed E-state index contributed by atoms with van der Waals surface area (Å²) in [5.74, 6) is 0.592. The molecular weight excluding hydrogens is 248 g/mol. The molecule has 1 amide bonds. The van der Waals surface area contributed by atoms with Crippen molar-refractivity contribution in [1.82, 2.24) is 10.2 Å². The zero-order valence-corrected chi connectivity index (χ0v) is 12.4. The highest BCUT2D eigenvalue weighted by Crippen LogP contribution is 2.20. The molecular formula is C17H24N2O. The Bertz CT molecular complexity index is 453. The van der Waals surface area contributed by atoms with Crippen LogP contribution >= 0.6 is 0 Å². The van der Waals surface area contributed by atoms with Gasteiger partial charge >= 0.3 is 0 Å². The van der Waals surface area contributed by atoms with Gasteiger partial charge in [0.2, 0.25) is 5.91 Å². The number of hydrogen-bond donors (Lipinski definition) is 1. The molecule has 0 aliphatic heterocycles. The average Bonchev–Trinajstić information content (AvgIpc) is 2.92. The highest BCUT2D eigenvalue weighted by Gasteiger charge is 2.17. The van der Waals surface area contributed by atoms with Gasteiger partial charge < -0.3 is 10.2 Å². The third kappa shape index (κ3) is 4.20. The van der Waals surface area contributed by atoms with Crippen LogP contribution in [0, 0.1) is 5.92 Å². The van der Waals surface area contributed by atoms with Crippen LogP contribution in [0.4, 0.5) is 0 Å². The van der Waals surface area contributed by atoms with Gasteiger partial charge in [-0.2, -0.15) is 0 Å². The summed E-state index contributed by atoms with van der Waals surface area (Å²) < 4.78 is 0. The molecule has 0 radical (unpaired) electrons. The first-order valence-electron chi connectivity index (χ1n) is 7.31. The minimum absolute atomic E-state index is 0.157. The number of allylic oxidation sites excluding steroid dienone is 2. The first kappa shape index (κ1) is 14.8. The van der Waals surface area contributed by atoms with Crippen molar-refractivity contribution in [3.05, 3.63) is 48.0 Å². The van der Waals surface area contributed by atoms with E-state index in [0.29, 0.717) is 18.9 Å². The standard InChI is InChI=1S/C17H24N2O/c1-19(2)16(15-10-4-3-5-11-15)13-18-17(20)12-14-8-6-7-9-14/h3-6,8,10-11,14,16H,7,9,12-13H2,1-2H3,(H,18,20)/t14-,16+/m1/s1. The maximum Gasteiger partial charge on any atom is 0.220 e. The van der Waals surface area contributed by atoms with Gasteiger partial charge in [-0.05, 0) is 38.4 Å². The van der Waals surface area contributed by atoms with E-state index in [9.17, 15) is 4.79 Å². The Morgan fingerprint density at radius 3 is 2.70 bits per heavy atom. The van der Waals surface area contributed by atoms with Crippen LogP contribution in [0.2, 0.25) is 0 Å². The van der Waals surface area contributed by atoms with E-state index in [1.807, 2.05) is 32.3 Å². The van der Waals surface area contributed by atoms with Gasteiger partial charge in [-0.3, -0.25) is 4.79 Å². The Morgan fingerprint density at radius 2 is 2.10 bits per heavy atom. The van der Waals surface area contributed by atoms with Gasteiger partial charge in [0.15, 0.2) is 0 Å². The Hall–Kier alpha value is -1.61. The van der Waals surface area contributed by atoms with Crippen LogP contribution in [-0.4, -0.2) is 31.4 Å². The summed E-state index contributed by atoms with van der Waals surface area (Å²) in [6.07, 6.45) is 7.18. The molecule has 0 unspecified atom stereocenters. The summed E-state index contributed by atoms with van der Waals surface area (Å²) in [5, 5.41) is 3.07. The van der Waals surface area contributed by atoms with Crippen molar-refractivity contribution in [2.75, 3.05) is 20.6 Å². The van der Waals surface area contributed by atoms with E-state index in [1.165, 1.54) is 5.56 Å². The van der Waals surface area contributed by atoms with Crippen molar-refractivity contribution in [2.45, 2.75) is 25.3 Å². The molecule has 0 bridgehead atoms. The molecule has 0 aromatic heterocycles. The summed E-state index contributed by atoms with van der Waals surface area (Å²) >= 11 is 0. The van der Waals surface area contributed by atoms with Crippen molar-refractivity contribution >= 4 is 5.91 Å². The van der Waals surface area contributed by atoms with Crippen LogP contribution in [-0.2, 0) is 4.79 Å². The number of benzene rings is 1. The van der Waals surface area contributed by atoms with Crippen LogP contribution in [0.1, 0.15) is 30.9 Å². The number of likely N-dealkylation sites (N-methyl/N-ethyl adjacent to an activating group) is 1. The largest absolute Gasteiger partial charge is 0.354 e. The number of carbonyl (C=O) groups is 1. The third-order valence-electron chi connectivity index (χ3n) is 3.86. The lowest BCUT2D eigenvalue weighted by Crippen LogP contribution is -2.35. The Balaban J connectivity index is 1.86. The number of amides is 1. The van der Waals surface area contributed by atoms with Crippen molar-refractivity contribution in [1.29, 1.82) is 0 Å². The second-order valence-electron chi connectivity index (χ2n) is 5.66. The summed E-state index contributed by atoms with van der Waals surface area (Å²) in [7, 11) is 4.09. The van der Waals surface area contributed by atoms with Crippen LogP contribution in [0.3, 0.4) is 0 Å². The van der Waals surface area contributed by atoms with Gasteiger partial charge in [0.05, 0.1) is 6.04 Å². The van der Waals surface area contributed by atoms with Crippen molar-refractivity contribution < 1.29 is 4.79 Å². The molecule has 0 heterocycles. The zero-order valence-electron chi connectivity index (χ0n) is 12.4. The molecule has 0 saturated heterocycles. The van der Waals surface area contributed by atoms with E-state index in [-0.39, 0.29) is 11.9 Å². The molecule has 0 fully saturated rings. The normalized spacial score (nSPS) is 19.2. The predicted molar refractivity (Wildman–Crippen MR) is 82.4 cm³/mol. The molecule has 3 heteroatoms. The van der Waals surface area contributed by atoms with Crippen LogP contribution in [0.15, 0.2) is 42.5 Å². The minimum Gasteiger partial charge on any atom is -0.354 e. The summed E-state index contributed by atoms with van der Waals surface area (Å²) in [5.41, 5.74) is 1.23. The quantitative estimate of drug-likeness (QED) is 0.808. The maximum absolute atomic E-state index is 12.0. The Kier molecular flexibility index (Phi) is 5.36. The monoisotopic (exact) mass is 272 g/mol. The van der Waals surface area contributed by atoms with Crippen LogP contribution < -0.4 is 5.32 Å². The number of nitrogens with zero attached hydrogens (tertiary/aromatic N) is 1. The van der Waals surface area contributed by atoms with E-state index >= 15 is 0 Å². The Morgan fingerprint density at radius 1 is 1.35 bits per heavy atom. The predicted octanol–water partition coefficient (Wildman–Crippen LogP) is 2.76. The SMILES string of the molecule is CN(C)[C@@H](CNC(=O)C[C@@H]1C=CCC1)c1ccccc1. The van der Waals surface area contributed by atoms with Crippen molar-refractivity contribution in [2.24, 2.45) is 5.92 Å². The second-order valence-corrected chi connectivity index (χ2v) is 5.66. The number of carbonyl (C=O) groups excluding carboxylic acids is 1. The first-order chi connectivity index (χ1) is 9.66. The summed E-state index contributed by atoms with van der Waals surface area (Å²) in [4.78, 5) is 14.1. The summed E-state index contributed by atoms with van der Waals surface area (Å²) in [6.45, 7) is 0.659. The van der Waals surface area contributed by atoms with E-state index in [0.717, 1.165) is 12.8 Å². The van der Waals surface area contributed by atoms with E-state index < -0.39 is 0 Å². The molecule has 1 aliphatic carbocycles. The van der Waals surface area contributed by atoms with Crippen LogP contribution in [0.5, 0.6) is 0 Å². The maximum atomic E-state index is 12.0. The van der Waals surface area contributed by atoms with Crippen molar-refractivity contribution in [3.8, 4) is 0 Å². The lowest BCUT2D eigenvalue weighted by atomic mass is 10.0. The van der Waals surface area contributed by atoms with Gasteiger partial charge in [0.25, 0.3) is 0 Å². The van der Waals surface area contributed by atoms with Gasteiger partial charge in [0, 0.05) is 13.0 Å². The lowest BCUT2D eigenvalue weighted by Gasteiger charge is -2.25. The number of hydrogen-bond acceptors (Lipinski definition) is 2. The molecule has 20 heavy (non-hydrogen) atoms. The number of nitrogens with one attached hydrogen (secondary N) is 1. The molecule has 0 saturated carbocycles. The zero-order chi connectivity index (χ0) is 14.4. The molecule has 1 aromatic rings. The van der Waals surface area contributed by atoms with Crippen LogP contribution in [0.25, 0.3) is 0 Å². The van der Waals surface area contributed by atoms with E-state index in [1.54, 1.807) is 0 Å². The molecule has 2 atom stereocenters. The lowest BCUT2D eigenvalue weighted by molar-refractivity contribution is -0.121. The molecule has 108 valence electrons. The first-order valence-corrected chi connectivity index (χ1v) is 7.31. The second kappa shape index (κ2) is 7.25. The fourth-order valence-electron chi connectivity index (χ4n) is 2.66. The molecule has 0 spiro atoms. The fourth-order valence-corrected chi connectivity index (χ4v) is 2.66. The van der Waals surface area contributed by atoms with Gasteiger partial charge in [-0.1, -0.05) is 42.5 Å². The minimum atomic E-state index is 0.157. The average molecular weight is 272 g/mol. The fraction of sp³-hybridized carbons (Fsp3) is 0.471. The molecule has 1 N–H and O–H groups in total. The topological polar surface area (TPSA) is 32.3 Å².